The highest BCUT2D eigenvalue weighted by Crippen LogP contribution is 2.33. The van der Waals surface area contributed by atoms with Gasteiger partial charge >= 0.3 is 5.97 Å². The number of carbonyl (C=O) groups excluding carboxylic acids is 1. The Kier molecular flexibility index (Phi) is 5.68. The Hall–Kier alpha value is -0.530. The van der Waals surface area contributed by atoms with Gasteiger partial charge in [0.15, 0.2) is 0 Å². The lowest BCUT2D eigenvalue weighted by atomic mass is 9.80. The van der Waals surface area contributed by atoms with E-state index in [4.69, 9.17) is 4.74 Å². The molecule has 0 aliphatic carbocycles. The second-order valence-electron chi connectivity index (χ2n) is 6.98. The molecule has 0 amide bonds. The zero-order chi connectivity index (χ0) is 13.9. The standard InChI is InChI=1S/C16H30O2/c1-10(2)7-11(3)8-12(4)9-13(5)15-14(6)16(17)18-15/h10-15H,7-9H2,1-6H3. The van der Waals surface area contributed by atoms with Crippen molar-refractivity contribution >= 4 is 5.97 Å². The fraction of sp³-hybridized carbons (Fsp3) is 0.938. The van der Waals surface area contributed by atoms with Gasteiger partial charge in [0, 0.05) is 0 Å². The Bertz CT molecular complexity index is 272. The lowest BCUT2D eigenvalue weighted by Crippen LogP contribution is -2.47. The molecular weight excluding hydrogens is 224 g/mol. The molecule has 1 rings (SSSR count). The maximum Gasteiger partial charge on any atom is 0.312 e. The van der Waals surface area contributed by atoms with Gasteiger partial charge in [0.1, 0.15) is 6.10 Å². The first-order chi connectivity index (χ1) is 8.31. The summed E-state index contributed by atoms with van der Waals surface area (Å²) in [5.41, 5.74) is 0. The van der Waals surface area contributed by atoms with E-state index in [1.165, 1.54) is 19.3 Å². The van der Waals surface area contributed by atoms with E-state index in [0.29, 0.717) is 5.92 Å². The average Bonchev–Trinajstić information content (AvgIpc) is 2.23. The van der Waals surface area contributed by atoms with Crippen molar-refractivity contribution in [2.24, 2.45) is 29.6 Å². The van der Waals surface area contributed by atoms with Crippen molar-refractivity contribution in [1.29, 1.82) is 0 Å². The molecule has 0 radical (unpaired) electrons. The second kappa shape index (κ2) is 6.58. The minimum atomic E-state index is -0.0207. The van der Waals surface area contributed by atoms with E-state index in [9.17, 15) is 4.79 Å². The van der Waals surface area contributed by atoms with Crippen LogP contribution in [-0.2, 0) is 9.53 Å². The van der Waals surface area contributed by atoms with Crippen molar-refractivity contribution in [3.8, 4) is 0 Å². The molecule has 0 aromatic heterocycles. The van der Waals surface area contributed by atoms with E-state index < -0.39 is 0 Å². The van der Waals surface area contributed by atoms with Crippen molar-refractivity contribution in [2.45, 2.75) is 66.9 Å². The zero-order valence-electron chi connectivity index (χ0n) is 12.9. The van der Waals surface area contributed by atoms with Gasteiger partial charge in [-0.05, 0) is 49.9 Å². The molecule has 2 heteroatoms. The van der Waals surface area contributed by atoms with E-state index in [1.54, 1.807) is 0 Å². The number of carbonyl (C=O) groups is 1. The van der Waals surface area contributed by atoms with E-state index in [0.717, 1.165) is 17.8 Å². The Morgan fingerprint density at radius 1 is 1.00 bits per heavy atom. The quantitative estimate of drug-likeness (QED) is 0.634. The van der Waals surface area contributed by atoms with Gasteiger partial charge in [0.05, 0.1) is 5.92 Å². The van der Waals surface area contributed by atoms with Crippen LogP contribution in [-0.4, -0.2) is 12.1 Å². The molecule has 18 heavy (non-hydrogen) atoms. The summed E-state index contributed by atoms with van der Waals surface area (Å²) in [7, 11) is 0. The summed E-state index contributed by atoms with van der Waals surface area (Å²) >= 11 is 0. The fourth-order valence-electron chi connectivity index (χ4n) is 3.47. The first-order valence-electron chi connectivity index (χ1n) is 7.51. The SMILES string of the molecule is CC(C)CC(C)CC(C)CC(C)C1OC(=O)C1C. The van der Waals surface area contributed by atoms with Gasteiger partial charge in [0.25, 0.3) is 0 Å². The predicted molar refractivity (Wildman–Crippen MR) is 75.2 cm³/mol. The average molecular weight is 254 g/mol. The van der Waals surface area contributed by atoms with Crippen molar-refractivity contribution in [1.82, 2.24) is 0 Å². The van der Waals surface area contributed by atoms with Crippen LogP contribution in [0.1, 0.15) is 60.8 Å². The number of rotatable bonds is 7. The molecule has 1 aliphatic heterocycles. The third-order valence-electron chi connectivity index (χ3n) is 4.13. The highest BCUT2D eigenvalue weighted by atomic mass is 16.6. The highest BCUT2D eigenvalue weighted by molar-refractivity contribution is 5.78. The smallest absolute Gasteiger partial charge is 0.312 e. The van der Waals surface area contributed by atoms with Crippen molar-refractivity contribution in [3.05, 3.63) is 0 Å². The lowest BCUT2D eigenvalue weighted by Gasteiger charge is -2.38. The van der Waals surface area contributed by atoms with E-state index in [-0.39, 0.29) is 18.0 Å². The molecule has 5 unspecified atom stereocenters. The van der Waals surface area contributed by atoms with Crippen LogP contribution >= 0.6 is 0 Å². The van der Waals surface area contributed by atoms with Crippen LogP contribution in [0.4, 0.5) is 0 Å². The Labute approximate surface area is 112 Å². The molecule has 0 N–H and O–H groups in total. The monoisotopic (exact) mass is 254 g/mol. The van der Waals surface area contributed by atoms with Crippen LogP contribution in [0, 0.1) is 29.6 Å². The molecule has 1 heterocycles. The van der Waals surface area contributed by atoms with Crippen molar-refractivity contribution in [3.63, 3.8) is 0 Å². The predicted octanol–water partition coefficient (Wildman–Crippen LogP) is 4.28. The maximum absolute atomic E-state index is 11.1. The summed E-state index contributed by atoms with van der Waals surface area (Å²) in [5, 5.41) is 0. The minimum absolute atomic E-state index is 0.0207. The third-order valence-corrected chi connectivity index (χ3v) is 4.13. The van der Waals surface area contributed by atoms with Crippen molar-refractivity contribution in [2.75, 3.05) is 0 Å². The molecule has 1 fully saturated rings. The molecule has 0 bridgehead atoms. The Morgan fingerprint density at radius 2 is 1.56 bits per heavy atom. The lowest BCUT2D eigenvalue weighted by molar-refractivity contribution is -0.189. The summed E-state index contributed by atoms with van der Waals surface area (Å²) in [6.45, 7) is 13.5. The number of esters is 1. The van der Waals surface area contributed by atoms with E-state index in [2.05, 4.69) is 34.6 Å². The van der Waals surface area contributed by atoms with Gasteiger partial charge in [-0.3, -0.25) is 4.79 Å². The third kappa shape index (κ3) is 4.29. The van der Waals surface area contributed by atoms with Crippen LogP contribution in [0.2, 0.25) is 0 Å². The minimum Gasteiger partial charge on any atom is -0.461 e. The second-order valence-corrected chi connectivity index (χ2v) is 6.98. The van der Waals surface area contributed by atoms with Gasteiger partial charge in [-0.1, -0.05) is 34.6 Å². The molecule has 1 saturated heterocycles. The van der Waals surface area contributed by atoms with Crippen LogP contribution in [0.25, 0.3) is 0 Å². The summed E-state index contributed by atoms with van der Waals surface area (Å²) in [6, 6.07) is 0. The maximum atomic E-state index is 11.1. The number of hydrogen-bond donors (Lipinski definition) is 0. The molecule has 5 atom stereocenters. The van der Waals surface area contributed by atoms with Gasteiger partial charge < -0.3 is 4.74 Å². The van der Waals surface area contributed by atoms with Crippen LogP contribution in [0.15, 0.2) is 0 Å². The first kappa shape index (κ1) is 15.5. The molecule has 0 aromatic carbocycles. The van der Waals surface area contributed by atoms with Crippen LogP contribution in [0.5, 0.6) is 0 Å². The fourth-order valence-corrected chi connectivity index (χ4v) is 3.47. The van der Waals surface area contributed by atoms with Crippen LogP contribution < -0.4 is 0 Å². The number of cyclic esters (lactones) is 1. The summed E-state index contributed by atoms with van der Waals surface area (Å²) < 4.78 is 5.24. The Morgan fingerprint density at radius 3 is 2.00 bits per heavy atom. The topological polar surface area (TPSA) is 26.3 Å². The molecular formula is C16H30O2. The summed E-state index contributed by atoms with van der Waals surface area (Å²) in [4.78, 5) is 11.1. The van der Waals surface area contributed by atoms with Gasteiger partial charge in [0.2, 0.25) is 0 Å². The van der Waals surface area contributed by atoms with Gasteiger partial charge in [-0.25, -0.2) is 0 Å². The zero-order valence-corrected chi connectivity index (χ0v) is 12.9. The molecule has 1 aliphatic rings. The largest absolute Gasteiger partial charge is 0.461 e. The van der Waals surface area contributed by atoms with Gasteiger partial charge in [-0.2, -0.15) is 0 Å². The van der Waals surface area contributed by atoms with Crippen molar-refractivity contribution < 1.29 is 9.53 Å². The van der Waals surface area contributed by atoms with Gasteiger partial charge in [-0.15, -0.1) is 0 Å². The number of hydrogen-bond acceptors (Lipinski definition) is 2. The van der Waals surface area contributed by atoms with E-state index in [1.807, 2.05) is 6.92 Å². The normalized spacial score (nSPS) is 28.5. The van der Waals surface area contributed by atoms with E-state index >= 15 is 0 Å². The van der Waals surface area contributed by atoms with Crippen LogP contribution in [0.3, 0.4) is 0 Å². The summed E-state index contributed by atoms with van der Waals surface area (Å²) in [6.07, 6.45) is 3.94. The number of ether oxygens (including phenoxy) is 1. The highest BCUT2D eigenvalue weighted by Gasteiger charge is 2.42. The molecule has 106 valence electrons. The first-order valence-corrected chi connectivity index (χ1v) is 7.51. The molecule has 0 saturated carbocycles. The molecule has 0 spiro atoms. The Balaban J connectivity index is 2.27. The molecule has 0 aromatic rings. The summed E-state index contributed by atoms with van der Waals surface area (Å²) in [5.74, 6) is 2.90. The molecule has 2 nitrogen and oxygen atoms in total.